The topological polar surface area (TPSA) is 49.0 Å². The summed E-state index contributed by atoms with van der Waals surface area (Å²) in [6.45, 7) is 2.65. The van der Waals surface area contributed by atoms with E-state index in [1.807, 2.05) is 49.5 Å². The lowest BCUT2D eigenvalue weighted by Gasteiger charge is -2.24. The monoisotopic (exact) mass is 327 g/mol. The summed E-state index contributed by atoms with van der Waals surface area (Å²) < 4.78 is 0. The third-order valence-electron chi connectivity index (χ3n) is 4.05. The fourth-order valence-corrected chi connectivity index (χ4v) is 2.80. The van der Waals surface area contributed by atoms with Gasteiger partial charge in [-0.3, -0.25) is 9.69 Å². The first-order valence-electron chi connectivity index (χ1n) is 7.48. The van der Waals surface area contributed by atoms with Crippen molar-refractivity contribution in [1.29, 1.82) is 0 Å². The Morgan fingerprint density at radius 1 is 1.22 bits per heavy atom. The minimum atomic E-state index is -0.102. The van der Waals surface area contributed by atoms with E-state index in [0.717, 1.165) is 16.1 Å². The van der Waals surface area contributed by atoms with Gasteiger partial charge in [0.15, 0.2) is 0 Å². The van der Waals surface area contributed by atoms with Gasteiger partial charge < -0.3 is 4.98 Å². The number of aromatic nitrogens is 2. The first-order chi connectivity index (χ1) is 11.0. The number of halogens is 1. The third-order valence-corrected chi connectivity index (χ3v) is 4.29. The van der Waals surface area contributed by atoms with E-state index in [-0.39, 0.29) is 11.6 Å². The third kappa shape index (κ3) is 3.44. The molecular formula is C18H18ClN3O. The van der Waals surface area contributed by atoms with Gasteiger partial charge in [-0.2, -0.15) is 0 Å². The number of nitrogens with zero attached hydrogens (tertiary/aromatic N) is 2. The Morgan fingerprint density at radius 3 is 2.78 bits per heavy atom. The lowest BCUT2D eigenvalue weighted by atomic mass is 10.1. The average Bonchev–Trinajstić information content (AvgIpc) is 2.54. The maximum Gasteiger partial charge on any atom is 0.258 e. The van der Waals surface area contributed by atoms with Crippen LogP contribution < -0.4 is 5.56 Å². The molecule has 3 rings (SSSR count). The lowest BCUT2D eigenvalue weighted by molar-refractivity contribution is 0.247. The molecule has 0 bridgehead atoms. The van der Waals surface area contributed by atoms with E-state index in [9.17, 15) is 4.79 Å². The highest BCUT2D eigenvalue weighted by Gasteiger charge is 2.14. The molecule has 0 unspecified atom stereocenters. The second-order valence-corrected chi connectivity index (χ2v) is 6.11. The van der Waals surface area contributed by atoms with Gasteiger partial charge in [0, 0.05) is 11.1 Å². The lowest BCUT2D eigenvalue weighted by Crippen LogP contribution is -2.25. The molecule has 1 aromatic heterocycles. The first kappa shape index (κ1) is 15.7. The normalized spacial score (nSPS) is 12.7. The number of hydrogen-bond donors (Lipinski definition) is 1. The molecule has 1 atom stereocenters. The zero-order valence-corrected chi connectivity index (χ0v) is 13.8. The number of rotatable bonds is 4. The molecule has 0 spiro atoms. The SMILES string of the molecule is C[C@H](c1cccc(Cl)c1)N(C)Cc1nc2ccccc2c(=O)[nH]1. The van der Waals surface area contributed by atoms with E-state index in [4.69, 9.17) is 11.6 Å². The number of fused-ring (bicyclic) bond motifs is 1. The van der Waals surface area contributed by atoms with Crippen molar-refractivity contribution in [2.75, 3.05) is 7.05 Å². The van der Waals surface area contributed by atoms with Crippen molar-refractivity contribution in [3.8, 4) is 0 Å². The van der Waals surface area contributed by atoms with Gasteiger partial charge in [-0.05, 0) is 43.8 Å². The summed E-state index contributed by atoms with van der Waals surface area (Å²) in [6.07, 6.45) is 0. The predicted molar refractivity (Wildman–Crippen MR) is 93.7 cm³/mol. The number of H-pyrrole nitrogens is 1. The van der Waals surface area contributed by atoms with Gasteiger partial charge in [-0.25, -0.2) is 4.98 Å². The van der Waals surface area contributed by atoms with Crippen molar-refractivity contribution in [2.24, 2.45) is 0 Å². The van der Waals surface area contributed by atoms with E-state index in [1.54, 1.807) is 6.07 Å². The van der Waals surface area contributed by atoms with Crippen molar-refractivity contribution >= 4 is 22.5 Å². The quantitative estimate of drug-likeness (QED) is 0.793. The van der Waals surface area contributed by atoms with E-state index < -0.39 is 0 Å². The molecule has 0 aliphatic rings. The first-order valence-corrected chi connectivity index (χ1v) is 7.86. The number of para-hydroxylation sites is 1. The number of nitrogens with one attached hydrogen (secondary N) is 1. The molecule has 1 N–H and O–H groups in total. The van der Waals surface area contributed by atoms with Gasteiger partial charge in [-0.15, -0.1) is 0 Å². The fourth-order valence-electron chi connectivity index (χ4n) is 2.60. The molecule has 0 aliphatic carbocycles. The van der Waals surface area contributed by atoms with Gasteiger partial charge in [-0.1, -0.05) is 35.9 Å². The number of benzene rings is 2. The largest absolute Gasteiger partial charge is 0.309 e. The van der Waals surface area contributed by atoms with Gasteiger partial charge in [0.2, 0.25) is 0 Å². The van der Waals surface area contributed by atoms with Crippen LogP contribution in [-0.4, -0.2) is 21.9 Å². The van der Waals surface area contributed by atoms with Crippen molar-refractivity contribution < 1.29 is 0 Å². The summed E-state index contributed by atoms with van der Waals surface area (Å²) in [7, 11) is 2.00. The maximum atomic E-state index is 12.1. The second-order valence-electron chi connectivity index (χ2n) is 5.68. The van der Waals surface area contributed by atoms with Crippen LogP contribution in [0, 0.1) is 0 Å². The van der Waals surface area contributed by atoms with E-state index in [2.05, 4.69) is 21.8 Å². The maximum absolute atomic E-state index is 12.1. The highest BCUT2D eigenvalue weighted by atomic mass is 35.5. The standard InChI is InChI=1S/C18H18ClN3O/c1-12(13-6-5-7-14(19)10-13)22(2)11-17-20-16-9-4-3-8-15(16)18(23)21-17/h3-10,12H,11H2,1-2H3,(H,20,21,23)/t12-/m1/s1. The van der Waals surface area contributed by atoms with E-state index >= 15 is 0 Å². The molecule has 1 heterocycles. The molecule has 0 saturated carbocycles. The predicted octanol–water partition coefficient (Wildman–Crippen LogP) is 3.77. The van der Waals surface area contributed by atoms with Crippen molar-refractivity contribution in [1.82, 2.24) is 14.9 Å². The van der Waals surface area contributed by atoms with E-state index in [0.29, 0.717) is 17.8 Å². The molecule has 0 fully saturated rings. The molecule has 0 aliphatic heterocycles. The molecule has 0 amide bonds. The van der Waals surface area contributed by atoms with Crippen molar-refractivity contribution in [3.63, 3.8) is 0 Å². The van der Waals surface area contributed by atoms with Gasteiger partial charge >= 0.3 is 0 Å². The molecule has 3 aromatic rings. The summed E-state index contributed by atoms with van der Waals surface area (Å²) in [5, 5.41) is 1.33. The van der Waals surface area contributed by atoms with Gasteiger partial charge in [0.25, 0.3) is 5.56 Å². The Hall–Kier alpha value is -2.17. The van der Waals surface area contributed by atoms with Gasteiger partial charge in [0.1, 0.15) is 5.82 Å². The van der Waals surface area contributed by atoms with Crippen LogP contribution >= 0.6 is 11.6 Å². The second kappa shape index (κ2) is 6.52. The minimum Gasteiger partial charge on any atom is -0.309 e. The van der Waals surface area contributed by atoms with Crippen LogP contribution in [0.1, 0.15) is 24.4 Å². The smallest absolute Gasteiger partial charge is 0.258 e. The summed E-state index contributed by atoms with van der Waals surface area (Å²) >= 11 is 6.06. The summed E-state index contributed by atoms with van der Waals surface area (Å²) in [4.78, 5) is 21.7. The zero-order valence-electron chi connectivity index (χ0n) is 13.1. The fraction of sp³-hybridized carbons (Fsp3) is 0.222. The Balaban J connectivity index is 1.85. The molecular weight excluding hydrogens is 310 g/mol. The van der Waals surface area contributed by atoms with Gasteiger partial charge in [0.05, 0.1) is 17.4 Å². The Bertz CT molecular complexity index is 891. The van der Waals surface area contributed by atoms with E-state index in [1.165, 1.54) is 0 Å². The molecule has 4 nitrogen and oxygen atoms in total. The highest BCUT2D eigenvalue weighted by molar-refractivity contribution is 6.30. The van der Waals surface area contributed by atoms with Crippen LogP contribution in [0.25, 0.3) is 10.9 Å². The average molecular weight is 328 g/mol. The Morgan fingerprint density at radius 2 is 2.00 bits per heavy atom. The number of hydrogen-bond acceptors (Lipinski definition) is 3. The minimum absolute atomic E-state index is 0.102. The van der Waals surface area contributed by atoms with Crippen LogP contribution in [0.2, 0.25) is 5.02 Å². The molecule has 0 radical (unpaired) electrons. The summed E-state index contributed by atoms with van der Waals surface area (Å²) in [6, 6.07) is 15.3. The molecule has 118 valence electrons. The summed E-state index contributed by atoms with van der Waals surface area (Å²) in [5.41, 5.74) is 1.74. The summed E-state index contributed by atoms with van der Waals surface area (Å²) in [5.74, 6) is 0.657. The molecule has 5 heteroatoms. The van der Waals surface area contributed by atoms with Crippen LogP contribution in [0.4, 0.5) is 0 Å². The van der Waals surface area contributed by atoms with Crippen molar-refractivity contribution in [2.45, 2.75) is 19.5 Å². The Kier molecular flexibility index (Phi) is 4.46. The zero-order chi connectivity index (χ0) is 16.4. The van der Waals surface area contributed by atoms with Crippen LogP contribution in [-0.2, 0) is 6.54 Å². The van der Waals surface area contributed by atoms with Crippen LogP contribution in [0.3, 0.4) is 0 Å². The molecule has 0 saturated heterocycles. The molecule has 2 aromatic carbocycles. The number of aromatic amines is 1. The molecule has 23 heavy (non-hydrogen) atoms. The van der Waals surface area contributed by atoms with Crippen molar-refractivity contribution in [3.05, 3.63) is 75.3 Å². The van der Waals surface area contributed by atoms with Crippen LogP contribution in [0.5, 0.6) is 0 Å². The Labute approximate surface area is 139 Å². The van der Waals surface area contributed by atoms with Crippen LogP contribution in [0.15, 0.2) is 53.3 Å². The highest BCUT2D eigenvalue weighted by Crippen LogP contribution is 2.22.